The molecule has 5 nitrogen and oxygen atoms in total. The van der Waals surface area contributed by atoms with Crippen molar-refractivity contribution in [1.82, 2.24) is 4.31 Å². The maximum absolute atomic E-state index is 11.8. The number of aryl methyl sites for hydroxylation is 1. The van der Waals surface area contributed by atoms with Gasteiger partial charge in [-0.15, -0.1) is 0 Å². The second-order valence-electron chi connectivity index (χ2n) is 4.83. The fourth-order valence-electron chi connectivity index (χ4n) is 1.87. The summed E-state index contributed by atoms with van der Waals surface area (Å²) < 4.78 is 24.4. The molecule has 0 atom stereocenters. The van der Waals surface area contributed by atoms with Gasteiger partial charge in [-0.1, -0.05) is 19.1 Å². The van der Waals surface area contributed by atoms with E-state index < -0.39 is 10.0 Å². The molecule has 1 aromatic rings. The molecule has 0 aromatic heterocycles. The smallest absolute Gasteiger partial charge is 0.225 e. The molecule has 0 spiro atoms. The number of carbonyl (C=O) groups excluding carboxylic acids is 1. The van der Waals surface area contributed by atoms with Crippen molar-refractivity contribution in [3.05, 3.63) is 29.8 Å². The maximum atomic E-state index is 11.8. The van der Waals surface area contributed by atoms with Crippen LogP contribution in [0.4, 0.5) is 5.69 Å². The van der Waals surface area contributed by atoms with Gasteiger partial charge in [0, 0.05) is 25.2 Å². The third-order valence-electron chi connectivity index (χ3n) is 2.83. The van der Waals surface area contributed by atoms with Crippen molar-refractivity contribution >= 4 is 21.6 Å². The van der Waals surface area contributed by atoms with Gasteiger partial charge in [0.1, 0.15) is 0 Å². The number of amides is 1. The monoisotopic (exact) mass is 298 g/mol. The van der Waals surface area contributed by atoms with Crippen molar-refractivity contribution < 1.29 is 13.2 Å². The zero-order valence-corrected chi connectivity index (χ0v) is 13.0. The molecule has 1 aromatic carbocycles. The lowest BCUT2D eigenvalue weighted by atomic mass is 10.2. The van der Waals surface area contributed by atoms with Crippen LogP contribution in [0.1, 0.15) is 25.3 Å². The van der Waals surface area contributed by atoms with E-state index in [0.717, 1.165) is 17.7 Å². The van der Waals surface area contributed by atoms with E-state index in [9.17, 15) is 13.2 Å². The Labute approximate surface area is 121 Å². The average Bonchev–Trinajstić information content (AvgIpc) is 2.33. The molecule has 1 N–H and O–H groups in total. The molecular formula is C14H22N2O3S. The van der Waals surface area contributed by atoms with Gasteiger partial charge in [0.25, 0.3) is 0 Å². The Hall–Kier alpha value is -1.40. The summed E-state index contributed by atoms with van der Waals surface area (Å²) in [6, 6.07) is 7.50. The van der Waals surface area contributed by atoms with Crippen LogP contribution in [0.5, 0.6) is 0 Å². The lowest BCUT2D eigenvalue weighted by molar-refractivity contribution is -0.116. The Morgan fingerprint density at radius 2 is 2.00 bits per heavy atom. The van der Waals surface area contributed by atoms with Gasteiger partial charge in [-0.25, -0.2) is 12.7 Å². The summed E-state index contributed by atoms with van der Waals surface area (Å²) in [7, 11) is -3.25. The van der Waals surface area contributed by atoms with E-state index in [0.29, 0.717) is 6.54 Å². The summed E-state index contributed by atoms with van der Waals surface area (Å²) in [5.41, 5.74) is 1.79. The van der Waals surface area contributed by atoms with Crippen molar-refractivity contribution in [2.45, 2.75) is 26.7 Å². The number of carbonyl (C=O) groups is 1. The van der Waals surface area contributed by atoms with Gasteiger partial charge in [-0.3, -0.25) is 4.79 Å². The first-order valence-electron chi connectivity index (χ1n) is 6.64. The van der Waals surface area contributed by atoms with Crippen molar-refractivity contribution in [3.8, 4) is 0 Å². The highest BCUT2D eigenvalue weighted by Crippen LogP contribution is 2.10. The van der Waals surface area contributed by atoms with Crippen LogP contribution in [0.3, 0.4) is 0 Å². The normalized spacial score (nSPS) is 11.6. The molecule has 0 aliphatic rings. The molecule has 0 saturated heterocycles. The number of anilines is 1. The van der Waals surface area contributed by atoms with E-state index in [-0.39, 0.29) is 18.9 Å². The van der Waals surface area contributed by atoms with E-state index in [1.165, 1.54) is 10.6 Å². The third-order valence-corrected chi connectivity index (χ3v) is 4.14. The highest BCUT2D eigenvalue weighted by Gasteiger charge is 2.16. The Morgan fingerprint density at radius 1 is 1.30 bits per heavy atom. The van der Waals surface area contributed by atoms with Gasteiger partial charge in [-0.2, -0.15) is 0 Å². The second kappa shape index (κ2) is 7.40. The fourth-order valence-corrected chi connectivity index (χ4v) is 2.80. The second-order valence-corrected chi connectivity index (χ2v) is 6.81. The van der Waals surface area contributed by atoms with Crippen LogP contribution >= 0.6 is 0 Å². The van der Waals surface area contributed by atoms with E-state index in [2.05, 4.69) is 5.32 Å². The van der Waals surface area contributed by atoms with Gasteiger partial charge in [-0.05, 0) is 31.0 Å². The number of rotatable bonds is 7. The molecule has 0 aliphatic carbocycles. The van der Waals surface area contributed by atoms with Crippen LogP contribution in [0.25, 0.3) is 0 Å². The lowest BCUT2D eigenvalue weighted by Crippen LogP contribution is -2.33. The minimum atomic E-state index is -3.25. The molecule has 0 unspecified atom stereocenters. The minimum Gasteiger partial charge on any atom is -0.326 e. The first-order valence-corrected chi connectivity index (χ1v) is 8.49. The first kappa shape index (κ1) is 16.7. The molecule has 0 saturated carbocycles. The minimum absolute atomic E-state index is 0.154. The highest BCUT2D eigenvalue weighted by atomic mass is 32.2. The number of nitrogens with zero attached hydrogens (tertiary/aromatic N) is 1. The van der Waals surface area contributed by atoms with E-state index in [1.807, 2.05) is 38.1 Å². The van der Waals surface area contributed by atoms with Gasteiger partial charge in [0.05, 0.1) is 6.26 Å². The molecule has 1 amide bonds. The van der Waals surface area contributed by atoms with Crippen LogP contribution < -0.4 is 5.32 Å². The van der Waals surface area contributed by atoms with Crippen molar-refractivity contribution in [3.63, 3.8) is 0 Å². The predicted octanol–water partition coefficient (Wildman–Crippen LogP) is 2.00. The summed E-state index contributed by atoms with van der Waals surface area (Å²) in [6.45, 7) is 4.51. The third kappa shape index (κ3) is 5.71. The summed E-state index contributed by atoms with van der Waals surface area (Å²) in [6.07, 6.45) is 2.05. The summed E-state index contributed by atoms with van der Waals surface area (Å²) in [5.74, 6) is -0.180. The van der Waals surface area contributed by atoms with Crippen LogP contribution in [0, 0.1) is 6.92 Å². The van der Waals surface area contributed by atoms with Gasteiger partial charge < -0.3 is 5.32 Å². The van der Waals surface area contributed by atoms with Crippen LogP contribution in [-0.2, 0) is 14.8 Å². The van der Waals surface area contributed by atoms with Crippen molar-refractivity contribution in [2.24, 2.45) is 0 Å². The van der Waals surface area contributed by atoms with Crippen molar-refractivity contribution in [2.75, 3.05) is 24.7 Å². The van der Waals surface area contributed by atoms with Crippen LogP contribution in [0.15, 0.2) is 24.3 Å². The van der Waals surface area contributed by atoms with Gasteiger partial charge in [0.15, 0.2) is 0 Å². The fraction of sp³-hybridized carbons (Fsp3) is 0.500. The molecule has 0 radical (unpaired) electrons. The topological polar surface area (TPSA) is 66.5 Å². The Morgan fingerprint density at radius 3 is 2.55 bits per heavy atom. The van der Waals surface area contributed by atoms with Crippen LogP contribution in [-0.4, -0.2) is 38.0 Å². The Bertz CT molecular complexity index is 555. The van der Waals surface area contributed by atoms with Crippen molar-refractivity contribution in [1.29, 1.82) is 0 Å². The predicted molar refractivity (Wildman–Crippen MR) is 81.1 cm³/mol. The average molecular weight is 298 g/mol. The molecule has 1 rings (SSSR count). The van der Waals surface area contributed by atoms with Gasteiger partial charge in [0.2, 0.25) is 15.9 Å². The van der Waals surface area contributed by atoms with E-state index in [4.69, 9.17) is 0 Å². The number of benzene rings is 1. The molecule has 6 heteroatoms. The molecule has 0 heterocycles. The maximum Gasteiger partial charge on any atom is 0.225 e. The van der Waals surface area contributed by atoms with E-state index in [1.54, 1.807) is 0 Å². The Balaban J connectivity index is 2.54. The number of nitrogens with one attached hydrogen (secondary N) is 1. The molecule has 20 heavy (non-hydrogen) atoms. The molecular weight excluding hydrogens is 276 g/mol. The molecule has 112 valence electrons. The number of hydrogen-bond donors (Lipinski definition) is 1. The molecule has 0 aliphatic heterocycles. The lowest BCUT2D eigenvalue weighted by Gasteiger charge is -2.18. The highest BCUT2D eigenvalue weighted by molar-refractivity contribution is 7.88. The zero-order chi connectivity index (χ0) is 15.2. The first-order chi connectivity index (χ1) is 9.32. The summed E-state index contributed by atoms with van der Waals surface area (Å²) >= 11 is 0. The number of hydrogen-bond acceptors (Lipinski definition) is 3. The molecule has 0 fully saturated rings. The number of sulfonamides is 1. The zero-order valence-electron chi connectivity index (χ0n) is 12.2. The quantitative estimate of drug-likeness (QED) is 0.837. The van der Waals surface area contributed by atoms with Crippen LogP contribution in [0.2, 0.25) is 0 Å². The summed E-state index contributed by atoms with van der Waals surface area (Å²) in [4.78, 5) is 11.8. The van der Waals surface area contributed by atoms with Gasteiger partial charge >= 0.3 is 0 Å². The standard InChI is InChI=1S/C14H22N2O3S/c1-4-9-16(20(3,18)19)10-8-14(17)15-13-7-5-6-12(2)11-13/h5-7,11H,4,8-10H2,1-3H3,(H,15,17). The SMILES string of the molecule is CCCN(CCC(=O)Nc1cccc(C)c1)S(C)(=O)=O. The Kier molecular flexibility index (Phi) is 6.16. The van der Waals surface area contributed by atoms with E-state index >= 15 is 0 Å². The largest absolute Gasteiger partial charge is 0.326 e. The molecule has 0 bridgehead atoms. The summed E-state index contributed by atoms with van der Waals surface area (Å²) in [5, 5.41) is 2.77.